The lowest BCUT2D eigenvalue weighted by atomic mass is 9.85. The Hall–Kier alpha value is -2.66. The zero-order chi connectivity index (χ0) is 18.5. The van der Waals surface area contributed by atoms with Crippen LogP contribution in [0.2, 0.25) is 0 Å². The zero-order valence-corrected chi connectivity index (χ0v) is 15.2. The van der Waals surface area contributed by atoms with E-state index >= 15 is 0 Å². The van der Waals surface area contributed by atoms with Crippen LogP contribution in [-0.2, 0) is 11.3 Å². The van der Waals surface area contributed by atoms with Gasteiger partial charge in [0.2, 0.25) is 5.91 Å². The van der Waals surface area contributed by atoms with Gasteiger partial charge < -0.3 is 5.32 Å². The summed E-state index contributed by atoms with van der Waals surface area (Å²) in [6.45, 7) is 5.37. The quantitative estimate of drug-likeness (QED) is 0.890. The van der Waals surface area contributed by atoms with Crippen molar-refractivity contribution in [3.8, 4) is 0 Å². The smallest absolute Gasteiger partial charge is 0.321 e. The van der Waals surface area contributed by atoms with Crippen molar-refractivity contribution in [1.29, 1.82) is 0 Å². The van der Waals surface area contributed by atoms with Crippen molar-refractivity contribution in [1.82, 2.24) is 15.5 Å². The van der Waals surface area contributed by atoms with Gasteiger partial charge in [0.15, 0.2) is 0 Å². The lowest BCUT2D eigenvalue weighted by Gasteiger charge is -2.34. The lowest BCUT2D eigenvalue weighted by molar-refractivity contribution is -0.121. The van der Waals surface area contributed by atoms with Gasteiger partial charge in [-0.15, -0.1) is 0 Å². The van der Waals surface area contributed by atoms with E-state index in [0.29, 0.717) is 6.54 Å². The third-order valence-corrected chi connectivity index (χ3v) is 4.51. The topological polar surface area (TPSA) is 61.4 Å². The van der Waals surface area contributed by atoms with Crippen LogP contribution in [0.15, 0.2) is 54.6 Å². The van der Waals surface area contributed by atoms with Gasteiger partial charge in [0.1, 0.15) is 0 Å². The molecule has 136 valence electrons. The van der Waals surface area contributed by atoms with Crippen LogP contribution in [0, 0.1) is 0 Å². The van der Waals surface area contributed by atoms with Crippen LogP contribution in [-0.4, -0.2) is 36.0 Å². The minimum Gasteiger partial charge on any atom is -0.336 e. The molecule has 1 aliphatic heterocycles. The van der Waals surface area contributed by atoms with E-state index in [1.54, 1.807) is 0 Å². The Balaban J connectivity index is 1.72. The van der Waals surface area contributed by atoms with Crippen molar-refractivity contribution in [2.45, 2.75) is 32.4 Å². The van der Waals surface area contributed by atoms with Crippen LogP contribution < -0.4 is 10.6 Å². The van der Waals surface area contributed by atoms with E-state index in [-0.39, 0.29) is 24.4 Å². The molecule has 1 atom stereocenters. The molecule has 2 N–H and O–H groups in total. The van der Waals surface area contributed by atoms with Gasteiger partial charge in [0, 0.05) is 25.0 Å². The van der Waals surface area contributed by atoms with Crippen LogP contribution in [0.5, 0.6) is 0 Å². The molecular weight excluding hydrogens is 326 g/mol. The zero-order valence-electron chi connectivity index (χ0n) is 15.2. The predicted molar refractivity (Wildman–Crippen MR) is 102 cm³/mol. The third-order valence-electron chi connectivity index (χ3n) is 4.51. The highest BCUT2D eigenvalue weighted by atomic mass is 16.2. The van der Waals surface area contributed by atoms with Gasteiger partial charge in [0.05, 0.1) is 6.54 Å². The maximum Gasteiger partial charge on any atom is 0.321 e. The summed E-state index contributed by atoms with van der Waals surface area (Å²) in [7, 11) is 0. The highest BCUT2D eigenvalue weighted by molar-refractivity contribution is 5.95. The first kappa shape index (κ1) is 18.1. The monoisotopic (exact) mass is 351 g/mol. The highest BCUT2D eigenvalue weighted by Gasteiger charge is 2.27. The summed E-state index contributed by atoms with van der Waals surface area (Å²) in [4.78, 5) is 26.1. The van der Waals surface area contributed by atoms with Crippen molar-refractivity contribution in [3.05, 3.63) is 71.3 Å². The third kappa shape index (κ3) is 4.49. The van der Waals surface area contributed by atoms with E-state index < -0.39 is 6.03 Å². The number of fused-ring (bicyclic) bond motifs is 1. The fraction of sp³-hybridized carbons (Fsp3) is 0.333. The van der Waals surface area contributed by atoms with E-state index in [1.165, 1.54) is 16.7 Å². The molecule has 5 nitrogen and oxygen atoms in total. The standard InChI is InChI=1S/C21H25N3O2/c1-15(2)22-21(26)23-20(25)14-24-12-17-10-6-7-11-18(17)19(13-24)16-8-4-3-5-9-16/h3-11,15,19H,12-14H2,1-2H3,(H2,22,23,25,26). The van der Waals surface area contributed by atoms with Gasteiger partial charge in [-0.2, -0.15) is 0 Å². The Kier molecular flexibility index (Phi) is 5.68. The molecule has 0 radical (unpaired) electrons. The van der Waals surface area contributed by atoms with Gasteiger partial charge in [-0.3, -0.25) is 15.0 Å². The van der Waals surface area contributed by atoms with Gasteiger partial charge >= 0.3 is 6.03 Å². The molecule has 0 saturated heterocycles. The molecule has 1 heterocycles. The van der Waals surface area contributed by atoms with Crippen molar-refractivity contribution in [2.75, 3.05) is 13.1 Å². The molecule has 1 unspecified atom stereocenters. The predicted octanol–water partition coefficient (Wildman–Crippen LogP) is 2.87. The minimum atomic E-state index is -0.443. The van der Waals surface area contributed by atoms with Gasteiger partial charge in [0.25, 0.3) is 0 Å². The van der Waals surface area contributed by atoms with Crippen molar-refractivity contribution >= 4 is 11.9 Å². The average Bonchev–Trinajstić information content (AvgIpc) is 2.61. The van der Waals surface area contributed by atoms with Gasteiger partial charge in [-0.1, -0.05) is 54.6 Å². The maximum absolute atomic E-state index is 12.2. The summed E-state index contributed by atoms with van der Waals surface area (Å²) < 4.78 is 0. The molecule has 0 bridgehead atoms. The largest absolute Gasteiger partial charge is 0.336 e. The maximum atomic E-state index is 12.2. The SMILES string of the molecule is CC(C)NC(=O)NC(=O)CN1Cc2ccccc2C(c2ccccc2)C1. The molecule has 0 aliphatic carbocycles. The number of nitrogens with zero attached hydrogens (tertiary/aromatic N) is 1. The molecule has 26 heavy (non-hydrogen) atoms. The van der Waals surface area contributed by atoms with E-state index in [0.717, 1.165) is 6.54 Å². The van der Waals surface area contributed by atoms with E-state index in [1.807, 2.05) is 38.1 Å². The molecule has 0 spiro atoms. The molecular formula is C21H25N3O2. The number of urea groups is 1. The van der Waals surface area contributed by atoms with E-state index in [9.17, 15) is 9.59 Å². The van der Waals surface area contributed by atoms with Crippen LogP contribution in [0.3, 0.4) is 0 Å². The number of benzene rings is 2. The number of nitrogens with one attached hydrogen (secondary N) is 2. The fourth-order valence-corrected chi connectivity index (χ4v) is 3.44. The first-order chi connectivity index (χ1) is 12.5. The van der Waals surface area contributed by atoms with Crippen molar-refractivity contribution in [2.24, 2.45) is 0 Å². The lowest BCUT2D eigenvalue weighted by Crippen LogP contribution is -2.47. The average molecular weight is 351 g/mol. The Morgan fingerprint density at radius 3 is 2.50 bits per heavy atom. The number of hydrogen-bond donors (Lipinski definition) is 2. The summed E-state index contributed by atoms with van der Waals surface area (Å²) >= 11 is 0. The Bertz CT molecular complexity index is 774. The summed E-state index contributed by atoms with van der Waals surface area (Å²) in [5.41, 5.74) is 3.78. The summed E-state index contributed by atoms with van der Waals surface area (Å²) in [6.07, 6.45) is 0. The van der Waals surface area contributed by atoms with Gasteiger partial charge in [-0.25, -0.2) is 4.79 Å². The number of carbonyl (C=O) groups excluding carboxylic acids is 2. The number of rotatable bonds is 4. The Morgan fingerprint density at radius 1 is 1.08 bits per heavy atom. The first-order valence-electron chi connectivity index (χ1n) is 8.98. The van der Waals surface area contributed by atoms with Crippen molar-refractivity contribution in [3.63, 3.8) is 0 Å². The van der Waals surface area contributed by atoms with Gasteiger partial charge in [-0.05, 0) is 30.5 Å². The fourth-order valence-electron chi connectivity index (χ4n) is 3.44. The first-order valence-corrected chi connectivity index (χ1v) is 8.98. The second kappa shape index (κ2) is 8.15. The van der Waals surface area contributed by atoms with E-state index in [4.69, 9.17) is 0 Å². The van der Waals surface area contributed by atoms with Crippen molar-refractivity contribution < 1.29 is 9.59 Å². The molecule has 0 saturated carbocycles. The minimum absolute atomic E-state index is 0.00729. The Morgan fingerprint density at radius 2 is 1.77 bits per heavy atom. The molecule has 2 aromatic carbocycles. The van der Waals surface area contributed by atoms with E-state index in [2.05, 4.69) is 45.9 Å². The number of hydrogen-bond acceptors (Lipinski definition) is 3. The Labute approximate surface area is 154 Å². The number of carbonyl (C=O) groups is 2. The van der Waals surface area contributed by atoms with Crippen LogP contribution in [0.25, 0.3) is 0 Å². The molecule has 5 heteroatoms. The molecule has 0 aromatic heterocycles. The normalized spacial score (nSPS) is 16.8. The van der Waals surface area contributed by atoms with Crippen LogP contribution in [0.4, 0.5) is 4.79 Å². The summed E-state index contributed by atoms with van der Waals surface area (Å²) in [5.74, 6) is -0.0622. The highest BCUT2D eigenvalue weighted by Crippen LogP contribution is 2.33. The molecule has 0 fully saturated rings. The van der Waals surface area contributed by atoms with Crippen LogP contribution >= 0.6 is 0 Å². The number of imide groups is 1. The summed E-state index contributed by atoms with van der Waals surface area (Å²) in [5, 5.41) is 5.08. The second-order valence-electron chi connectivity index (χ2n) is 7.01. The number of amides is 3. The molecule has 3 amide bonds. The second-order valence-corrected chi connectivity index (χ2v) is 7.01. The molecule has 2 aromatic rings. The molecule has 3 rings (SSSR count). The van der Waals surface area contributed by atoms with Crippen LogP contribution in [0.1, 0.15) is 36.5 Å². The summed E-state index contributed by atoms with van der Waals surface area (Å²) in [6, 6.07) is 18.3. The molecule has 1 aliphatic rings.